The first-order valence-corrected chi connectivity index (χ1v) is 12.7. The predicted molar refractivity (Wildman–Crippen MR) is 122 cm³/mol. The van der Waals surface area contributed by atoms with Gasteiger partial charge in [-0.15, -0.1) is 0 Å². The summed E-state index contributed by atoms with van der Waals surface area (Å²) in [5, 5.41) is 0. The van der Waals surface area contributed by atoms with Crippen LogP contribution < -0.4 is 0 Å². The molecule has 0 bridgehead atoms. The van der Waals surface area contributed by atoms with E-state index in [2.05, 4.69) is 4.90 Å². The smallest absolute Gasteiger partial charge is 0.334 e. The Kier molecular flexibility index (Phi) is 7.04. The first-order valence-electron chi connectivity index (χ1n) is 11.3. The minimum absolute atomic E-state index is 0.0978. The minimum Gasteiger partial charge on any atom is -0.459 e. The van der Waals surface area contributed by atoms with Crippen LogP contribution in [0.4, 0.5) is 4.79 Å². The molecule has 0 aliphatic carbocycles. The van der Waals surface area contributed by atoms with E-state index in [0.29, 0.717) is 19.6 Å². The molecule has 3 amide bonds. The van der Waals surface area contributed by atoms with Gasteiger partial charge in [-0.25, -0.2) is 17.5 Å². The van der Waals surface area contributed by atoms with Crippen LogP contribution in [0.2, 0.25) is 0 Å². The van der Waals surface area contributed by atoms with Crippen LogP contribution in [-0.4, -0.2) is 91.7 Å². The number of likely N-dealkylation sites (tertiary alicyclic amines) is 1. The molecule has 2 aliphatic heterocycles. The molecule has 3 heterocycles. The number of rotatable bonds is 6. The minimum atomic E-state index is -4.00. The van der Waals surface area contributed by atoms with Crippen LogP contribution >= 0.6 is 0 Å². The summed E-state index contributed by atoms with van der Waals surface area (Å²) in [6.07, 6.45) is 3.62. The molecule has 178 valence electrons. The van der Waals surface area contributed by atoms with Crippen molar-refractivity contribution in [1.82, 2.24) is 19.0 Å². The third-order valence-corrected chi connectivity index (χ3v) is 8.00. The molecule has 2 fully saturated rings. The number of carbonyl (C=O) groups is 2. The average Bonchev–Trinajstić information content (AvgIpc) is 3.53. The molecule has 0 saturated carbocycles. The van der Waals surface area contributed by atoms with E-state index in [0.717, 1.165) is 35.8 Å². The monoisotopic (exact) mass is 474 g/mol. The van der Waals surface area contributed by atoms with Crippen LogP contribution in [-0.2, 0) is 10.0 Å². The molecular formula is C23H30N4O5S. The molecule has 9 nitrogen and oxygen atoms in total. The lowest BCUT2D eigenvalue weighted by Gasteiger charge is -2.37. The number of nitrogens with zero attached hydrogens (tertiary/aromatic N) is 4. The van der Waals surface area contributed by atoms with Crippen LogP contribution in [0.25, 0.3) is 0 Å². The predicted octanol–water partition coefficient (Wildman–Crippen LogP) is 2.25. The number of benzene rings is 1. The third-order valence-electron chi connectivity index (χ3n) is 6.21. The summed E-state index contributed by atoms with van der Waals surface area (Å²) in [4.78, 5) is 31.4. The number of hydrogen-bond donors (Lipinski definition) is 0. The molecule has 2 aliphatic rings. The number of carbonyl (C=O) groups excluding carboxylic acids is 2. The second kappa shape index (κ2) is 9.96. The van der Waals surface area contributed by atoms with E-state index < -0.39 is 16.1 Å². The molecule has 0 atom stereocenters. The van der Waals surface area contributed by atoms with Crippen molar-refractivity contribution in [2.24, 2.45) is 0 Å². The number of sulfonamides is 1. The van der Waals surface area contributed by atoms with Crippen molar-refractivity contribution in [3.63, 3.8) is 0 Å². The Morgan fingerprint density at radius 3 is 2.18 bits per heavy atom. The van der Waals surface area contributed by atoms with Crippen molar-refractivity contribution in [2.75, 3.05) is 52.4 Å². The Labute approximate surface area is 194 Å². The summed E-state index contributed by atoms with van der Waals surface area (Å²) in [5.74, 6) is 0.0224. The lowest BCUT2D eigenvalue weighted by molar-refractivity contribution is 0.0623. The molecule has 33 heavy (non-hydrogen) atoms. The Bertz CT molecular complexity index is 1050. The molecule has 2 aromatic rings. The second-order valence-electron chi connectivity index (χ2n) is 8.48. The van der Waals surface area contributed by atoms with Gasteiger partial charge >= 0.3 is 6.03 Å². The van der Waals surface area contributed by atoms with E-state index in [1.807, 2.05) is 6.92 Å². The highest BCUT2D eigenvalue weighted by Crippen LogP contribution is 2.20. The zero-order valence-corrected chi connectivity index (χ0v) is 19.7. The van der Waals surface area contributed by atoms with Gasteiger partial charge in [-0.05, 0) is 57.1 Å². The van der Waals surface area contributed by atoms with Gasteiger partial charge in [-0.1, -0.05) is 17.7 Å². The van der Waals surface area contributed by atoms with Crippen LogP contribution in [0.3, 0.4) is 0 Å². The molecule has 1 aromatic heterocycles. The highest BCUT2D eigenvalue weighted by Gasteiger charge is 2.35. The van der Waals surface area contributed by atoms with Gasteiger partial charge in [0.1, 0.15) is 0 Å². The molecule has 0 radical (unpaired) electrons. The summed E-state index contributed by atoms with van der Waals surface area (Å²) in [6.45, 7) is 5.47. The number of aryl methyl sites for hydroxylation is 1. The fourth-order valence-corrected chi connectivity index (χ4v) is 5.59. The number of urea groups is 1. The van der Waals surface area contributed by atoms with Crippen molar-refractivity contribution in [2.45, 2.75) is 24.7 Å². The summed E-state index contributed by atoms with van der Waals surface area (Å²) >= 11 is 0. The molecule has 10 heteroatoms. The summed E-state index contributed by atoms with van der Waals surface area (Å²) in [5.41, 5.74) is 0.946. The molecule has 0 spiro atoms. The van der Waals surface area contributed by atoms with Gasteiger partial charge in [0.05, 0.1) is 17.7 Å². The van der Waals surface area contributed by atoms with Crippen LogP contribution in [0, 0.1) is 6.92 Å². The molecular weight excluding hydrogens is 444 g/mol. The van der Waals surface area contributed by atoms with E-state index in [1.165, 1.54) is 11.2 Å². The maximum Gasteiger partial charge on any atom is 0.334 e. The fraction of sp³-hybridized carbons (Fsp3) is 0.478. The maximum atomic E-state index is 13.4. The normalized spacial score (nSPS) is 17.4. The van der Waals surface area contributed by atoms with Gasteiger partial charge in [0.15, 0.2) is 5.76 Å². The van der Waals surface area contributed by atoms with Gasteiger partial charge in [0.2, 0.25) is 0 Å². The number of piperazine rings is 1. The van der Waals surface area contributed by atoms with Gasteiger partial charge < -0.3 is 19.1 Å². The van der Waals surface area contributed by atoms with Crippen molar-refractivity contribution in [3.05, 3.63) is 54.0 Å². The van der Waals surface area contributed by atoms with E-state index in [-0.39, 0.29) is 36.2 Å². The van der Waals surface area contributed by atoms with Crippen molar-refractivity contribution in [1.29, 1.82) is 0 Å². The van der Waals surface area contributed by atoms with Crippen molar-refractivity contribution < 1.29 is 22.4 Å². The summed E-state index contributed by atoms with van der Waals surface area (Å²) in [7, 11) is -4.00. The third kappa shape index (κ3) is 5.22. The zero-order valence-electron chi connectivity index (χ0n) is 18.9. The molecule has 0 unspecified atom stereocenters. The van der Waals surface area contributed by atoms with Gasteiger partial charge in [0.25, 0.3) is 15.9 Å². The van der Waals surface area contributed by atoms with Gasteiger partial charge in [0, 0.05) is 32.7 Å². The average molecular weight is 475 g/mol. The van der Waals surface area contributed by atoms with Gasteiger partial charge in [-0.2, -0.15) is 0 Å². The lowest BCUT2D eigenvalue weighted by Crippen LogP contribution is -2.55. The second-order valence-corrected chi connectivity index (χ2v) is 10.3. The number of hydrogen-bond acceptors (Lipinski definition) is 6. The van der Waals surface area contributed by atoms with Crippen LogP contribution in [0.5, 0.6) is 0 Å². The Morgan fingerprint density at radius 2 is 1.58 bits per heavy atom. The van der Waals surface area contributed by atoms with Crippen molar-refractivity contribution >= 4 is 22.0 Å². The molecule has 2 saturated heterocycles. The van der Waals surface area contributed by atoms with Crippen LogP contribution in [0.1, 0.15) is 29.0 Å². The van der Waals surface area contributed by atoms with Crippen LogP contribution in [0.15, 0.2) is 52.0 Å². The maximum absolute atomic E-state index is 13.4. The summed E-state index contributed by atoms with van der Waals surface area (Å²) in [6, 6.07) is 9.26. The molecule has 0 N–H and O–H groups in total. The van der Waals surface area contributed by atoms with Gasteiger partial charge in [-0.3, -0.25) is 4.79 Å². The summed E-state index contributed by atoms with van der Waals surface area (Å²) < 4.78 is 33.1. The number of amides is 3. The van der Waals surface area contributed by atoms with E-state index in [9.17, 15) is 18.0 Å². The Balaban J connectivity index is 1.48. The largest absolute Gasteiger partial charge is 0.459 e. The quantitative estimate of drug-likeness (QED) is 0.638. The molecule has 1 aromatic carbocycles. The standard InChI is InChI=1S/C23H30N4O5S/c1-19-6-8-20(9-7-19)33(30,31)27(17-12-24-10-2-3-11-24)23(29)26-15-13-25(14-16-26)22(28)21-5-4-18-32-21/h4-9,18H,2-3,10-17H2,1H3. The van der Waals surface area contributed by atoms with E-state index in [1.54, 1.807) is 41.3 Å². The topological polar surface area (TPSA) is 94.4 Å². The Hall–Kier alpha value is -2.85. The zero-order chi connectivity index (χ0) is 23.4. The fourth-order valence-electron chi connectivity index (χ4n) is 4.21. The molecule has 4 rings (SSSR count). The first-order chi connectivity index (χ1) is 15.9. The highest BCUT2D eigenvalue weighted by atomic mass is 32.2. The lowest BCUT2D eigenvalue weighted by atomic mass is 10.2. The highest BCUT2D eigenvalue weighted by molar-refractivity contribution is 7.89. The SMILES string of the molecule is Cc1ccc(S(=O)(=O)N(CCN2CCCC2)C(=O)N2CCN(C(=O)c3ccco3)CC2)cc1. The van der Waals surface area contributed by atoms with E-state index >= 15 is 0 Å². The van der Waals surface area contributed by atoms with Crippen molar-refractivity contribution in [3.8, 4) is 0 Å². The number of furan rings is 1. The Morgan fingerprint density at radius 1 is 0.939 bits per heavy atom. The van der Waals surface area contributed by atoms with E-state index in [4.69, 9.17) is 4.42 Å². The first kappa shape index (κ1) is 23.3.